The second-order valence-corrected chi connectivity index (χ2v) is 7.52. The lowest BCUT2D eigenvalue weighted by Gasteiger charge is -2.31. The molecular formula is C23H26N4O3. The molecule has 0 saturated carbocycles. The summed E-state index contributed by atoms with van der Waals surface area (Å²) in [5, 5.41) is 9.88. The van der Waals surface area contributed by atoms with Crippen LogP contribution in [0.2, 0.25) is 0 Å². The van der Waals surface area contributed by atoms with Crippen molar-refractivity contribution >= 4 is 0 Å². The first-order valence-corrected chi connectivity index (χ1v) is 10.3. The van der Waals surface area contributed by atoms with Crippen molar-refractivity contribution in [2.45, 2.75) is 32.2 Å². The molecule has 2 N–H and O–H groups in total. The molecular weight excluding hydrogens is 380 g/mol. The maximum atomic E-state index is 12.2. The van der Waals surface area contributed by atoms with Gasteiger partial charge in [-0.05, 0) is 62.7 Å². The van der Waals surface area contributed by atoms with Crippen LogP contribution in [0.5, 0.6) is 11.5 Å². The highest BCUT2D eigenvalue weighted by atomic mass is 16.5. The van der Waals surface area contributed by atoms with E-state index in [1.807, 2.05) is 37.3 Å². The molecule has 1 aliphatic rings. The van der Waals surface area contributed by atoms with Gasteiger partial charge in [-0.1, -0.05) is 12.1 Å². The van der Waals surface area contributed by atoms with Crippen LogP contribution in [-0.2, 0) is 6.54 Å². The summed E-state index contributed by atoms with van der Waals surface area (Å²) < 4.78 is 5.49. The van der Waals surface area contributed by atoms with Gasteiger partial charge < -0.3 is 14.8 Å². The minimum absolute atomic E-state index is 0.143. The molecule has 3 heterocycles. The quantitative estimate of drug-likeness (QED) is 0.653. The zero-order valence-electron chi connectivity index (χ0n) is 17.0. The van der Waals surface area contributed by atoms with Gasteiger partial charge in [-0.3, -0.25) is 14.7 Å². The van der Waals surface area contributed by atoms with Crippen LogP contribution >= 0.6 is 0 Å². The molecule has 7 heteroatoms. The van der Waals surface area contributed by atoms with E-state index in [9.17, 15) is 9.90 Å². The lowest BCUT2D eigenvalue weighted by molar-refractivity contribution is 0.203. The fourth-order valence-corrected chi connectivity index (χ4v) is 3.88. The van der Waals surface area contributed by atoms with E-state index in [1.54, 1.807) is 18.3 Å². The molecule has 0 bridgehead atoms. The minimum Gasteiger partial charge on any atom is -0.504 e. The number of piperidine rings is 1. The van der Waals surface area contributed by atoms with Gasteiger partial charge in [-0.15, -0.1) is 0 Å². The maximum Gasteiger partial charge on any atom is 0.251 e. The van der Waals surface area contributed by atoms with Gasteiger partial charge in [-0.2, -0.15) is 0 Å². The molecule has 0 unspecified atom stereocenters. The zero-order chi connectivity index (χ0) is 20.9. The highest BCUT2D eigenvalue weighted by Gasteiger charge is 2.23. The molecule has 0 aliphatic carbocycles. The van der Waals surface area contributed by atoms with Crippen molar-refractivity contribution in [2.75, 3.05) is 19.7 Å². The second-order valence-electron chi connectivity index (χ2n) is 7.52. The van der Waals surface area contributed by atoms with E-state index < -0.39 is 0 Å². The lowest BCUT2D eigenvalue weighted by atomic mass is 9.93. The van der Waals surface area contributed by atoms with Crippen LogP contribution in [0.3, 0.4) is 0 Å². The molecule has 1 fully saturated rings. The van der Waals surface area contributed by atoms with Crippen LogP contribution in [0, 0.1) is 0 Å². The Morgan fingerprint density at radius 2 is 2.03 bits per heavy atom. The molecule has 0 radical (unpaired) electrons. The number of hydrogen-bond donors (Lipinski definition) is 2. The fourth-order valence-electron chi connectivity index (χ4n) is 3.88. The first-order chi connectivity index (χ1) is 14.6. The first kappa shape index (κ1) is 20.1. The molecule has 3 aromatic rings. The average molecular weight is 406 g/mol. The van der Waals surface area contributed by atoms with Crippen LogP contribution in [0.1, 0.15) is 36.9 Å². The summed E-state index contributed by atoms with van der Waals surface area (Å²) in [5.74, 6) is 1.47. The topological polar surface area (TPSA) is 91.3 Å². The van der Waals surface area contributed by atoms with Gasteiger partial charge >= 0.3 is 0 Å². The molecule has 4 rings (SSSR count). The zero-order valence-corrected chi connectivity index (χ0v) is 17.0. The number of H-pyrrole nitrogens is 1. The molecule has 0 amide bonds. The summed E-state index contributed by atoms with van der Waals surface area (Å²) in [6.45, 7) is 5.06. The third-order valence-corrected chi connectivity index (χ3v) is 5.41. The van der Waals surface area contributed by atoms with Gasteiger partial charge in [0.25, 0.3) is 5.56 Å². The number of aromatic nitrogens is 3. The summed E-state index contributed by atoms with van der Waals surface area (Å²) in [6, 6.07) is 12.7. The Kier molecular flexibility index (Phi) is 6.09. The van der Waals surface area contributed by atoms with Crippen molar-refractivity contribution in [2.24, 2.45) is 0 Å². The fraction of sp³-hybridized carbons (Fsp3) is 0.348. The second kappa shape index (κ2) is 9.09. The van der Waals surface area contributed by atoms with Crippen molar-refractivity contribution in [3.8, 4) is 23.0 Å². The van der Waals surface area contributed by atoms with Gasteiger partial charge in [-0.25, -0.2) is 4.98 Å². The number of aromatic hydroxyl groups is 1. The summed E-state index contributed by atoms with van der Waals surface area (Å²) in [6.07, 6.45) is 3.57. The van der Waals surface area contributed by atoms with Gasteiger partial charge in [0.05, 0.1) is 12.3 Å². The van der Waals surface area contributed by atoms with Crippen LogP contribution in [0.15, 0.2) is 53.5 Å². The molecule has 1 aromatic carbocycles. The van der Waals surface area contributed by atoms with Gasteiger partial charge in [0.15, 0.2) is 17.3 Å². The Hall–Kier alpha value is -3.19. The Morgan fingerprint density at radius 3 is 2.77 bits per heavy atom. The molecule has 7 nitrogen and oxygen atoms in total. The smallest absolute Gasteiger partial charge is 0.251 e. The van der Waals surface area contributed by atoms with Gasteiger partial charge in [0.2, 0.25) is 0 Å². The number of hydrogen-bond acceptors (Lipinski definition) is 6. The largest absolute Gasteiger partial charge is 0.504 e. The monoisotopic (exact) mass is 406 g/mol. The number of benzene rings is 1. The molecule has 1 saturated heterocycles. The van der Waals surface area contributed by atoms with E-state index in [4.69, 9.17) is 9.72 Å². The predicted octanol–water partition coefficient (Wildman–Crippen LogP) is 3.32. The SMILES string of the molecule is CCOc1cc(CN2CCC(c3cc(=O)[nH]c(-c4ccccn4)n3)CC2)ccc1O. The van der Waals surface area contributed by atoms with Crippen molar-refractivity contribution in [3.63, 3.8) is 0 Å². The van der Waals surface area contributed by atoms with Crippen molar-refractivity contribution in [1.29, 1.82) is 0 Å². The molecule has 2 aromatic heterocycles. The third kappa shape index (κ3) is 4.68. The average Bonchev–Trinajstić information content (AvgIpc) is 2.77. The van der Waals surface area contributed by atoms with Crippen LogP contribution in [0.4, 0.5) is 0 Å². The number of aromatic amines is 1. The molecule has 1 aliphatic heterocycles. The van der Waals surface area contributed by atoms with Gasteiger partial charge in [0.1, 0.15) is 5.69 Å². The van der Waals surface area contributed by atoms with Crippen LogP contribution in [0.25, 0.3) is 11.5 Å². The Balaban J connectivity index is 1.42. The van der Waals surface area contributed by atoms with E-state index in [2.05, 4.69) is 14.9 Å². The predicted molar refractivity (Wildman–Crippen MR) is 115 cm³/mol. The number of phenolic OH excluding ortho intramolecular Hbond substituents is 1. The van der Waals surface area contributed by atoms with E-state index >= 15 is 0 Å². The van der Waals surface area contributed by atoms with Crippen molar-refractivity contribution in [1.82, 2.24) is 19.9 Å². The summed E-state index contributed by atoms with van der Waals surface area (Å²) >= 11 is 0. The number of nitrogens with zero attached hydrogens (tertiary/aromatic N) is 3. The standard InChI is InChI=1S/C23H26N4O3/c1-2-30-21-13-16(6-7-20(21)28)15-27-11-8-17(9-12-27)19-14-22(29)26-23(25-19)18-5-3-4-10-24-18/h3-7,10,13-14,17,28H,2,8-9,11-12,15H2,1H3,(H,25,26,29). The molecule has 156 valence electrons. The van der Waals surface area contributed by atoms with E-state index in [1.165, 1.54) is 0 Å². The molecule has 0 spiro atoms. The number of phenols is 1. The van der Waals surface area contributed by atoms with E-state index in [-0.39, 0.29) is 17.2 Å². The minimum atomic E-state index is -0.143. The number of rotatable bonds is 6. The third-order valence-electron chi connectivity index (χ3n) is 5.41. The van der Waals surface area contributed by atoms with Crippen LogP contribution in [-0.4, -0.2) is 44.7 Å². The summed E-state index contributed by atoms with van der Waals surface area (Å²) in [7, 11) is 0. The number of ether oxygens (including phenoxy) is 1. The van der Waals surface area contributed by atoms with E-state index in [0.717, 1.165) is 43.7 Å². The van der Waals surface area contributed by atoms with Crippen molar-refractivity contribution in [3.05, 3.63) is 70.3 Å². The Morgan fingerprint density at radius 1 is 1.20 bits per heavy atom. The Bertz CT molecular complexity index is 1040. The molecule has 30 heavy (non-hydrogen) atoms. The summed E-state index contributed by atoms with van der Waals surface area (Å²) in [5.41, 5.74) is 2.48. The maximum absolute atomic E-state index is 12.2. The molecule has 0 atom stereocenters. The lowest BCUT2D eigenvalue weighted by Crippen LogP contribution is -2.33. The van der Waals surface area contributed by atoms with Gasteiger partial charge in [0, 0.05) is 24.7 Å². The van der Waals surface area contributed by atoms with Crippen molar-refractivity contribution < 1.29 is 9.84 Å². The first-order valence-electron chi connectivity index (χ1n) is 10.3. The highest BCUT2D eigenvalue weighted by molar-refractivity contribution is 5.48. The van der Waals surface area contributed by atoms with E-state index in [0.29, 0.717) is 23.9 Å². The number of nitrogens with one attached hydrogen (secondary N) is 1. The summed E-state index contributed by atoms with van der Waals surface area (Å²) in [4.78, 5) is 26.3. The Labute approximate surface area is 175 Å². The normalized spacial score (nSPS) is 15.2. The van der Waals surface area contributed by atoms with Crippen LogP contribution < -0.4 is 10.3 Å². The number of likely N-dealkylation sites (tertiary alicyclic amines) is 1. The number of pyridine rings is 1. The highest BCUT2D eigenvalue weighted by Crippen LogP contribution is 2.30.